The van der Waals surface area contributed by atoms with Crippen LogP contribution in [0.25, 0.3) is 0 Å². The summed E-state index contributed by atoms with van der Waals surface area (Å²) in [6, 6.07) is 0.536. The van der Waals surface area contributed by atoms with E-state index in [1.165, 1.54) is 38.5 Å². The molecule has 8 unspecified atom stereocenters. The fraction of sp³-hybridized carbons (Fsp3) is 1.00. The Morgan fingerprint density at radius 2 is 1.00 bits per heavy atom. The van der Waals surface area contributed by atoms with Crippen molar-refractivity contribution in [3.05, 3.63) is 0 Å². The molecular weight excluding hydrogens is 220 g/mol. The molecule has 3 rings (SSSR count). The zero-order valence-corrected chi connectivity index (χ0v) is 12.0. The molecule has 0 bridgehead atoms. The van der Waals surface area contributed by atoms with Crippen molar-refractivity contribution in [3.63, 3.8) is 0 Å². The summed E-state index contributed by atoms with van der Waals surface area (Å²) in [5.41, 5.74) is 13.0. The molecule has 18 heavy (non-hydrogen) atoms. The molecule has 3 aliphatic carbocycles. The second kappa shape index (κ2) is 4.79. The first-order chi connectivity index (χ1) is 8.58. The maximum Gasteiger partial charge on any atom is 0.0226 e. The van der Waals surface area contributed by atoms with E-state index in [0.29, 0.717) is 0 Å². The number of fused-ring (bicyclic) bond motifs is 3. The monoisotopic (exact) mass is 250 g/mol. The van der Waals surface area contributed by atoms with E-state index in [1.807, 2.05) is 0 Å². The van der Waals surface area contributed by atoms with Crippen LogP contribution < -0.4 is 11.5 Å². The first kappa shape index (κ1) is 12.9. The molecule has 104 valence electrons. The Hall–Kier alpha value is -0.0800. The molecule has 2 heteroatoms. The van der Waals surface area contributed by atoms with Gasteiger partial charge in [-0.25, -0.2) is 0 Å². The summed E-state index contributed by atoms with van der Waals surface area (Å²) in [5.74, 6) is 4.96. The van der Waals surface area contributed by atoms with Crippen LogP contribution in [0.15, 0.2) is 0 Å². The largest absolute Gasteiger partial charge is 0.326 e. The molecular formula is C16H30N2. The van der Waals surface area contributed by atoms with Crippen LogP contribution in [0.4, 0.5) is 0 Å². The molecule has 0 amide bonds. The average molecular weight is 250 g/mol. The smallest absolute Gasteiger partial charge is 0.0226 e. The summed E-state index contributed by atoms with van der Waals surface area (Å²) in [6.07, 6.45) is 8.34. The minimum atomic E-state index is 0.268. The molecule has 8 atom stereocenters. The molecule has 0 saturated heterocycles. The summed E-state index contributed by atoms with van der Waals surface area (Å²) in [6.45, 7) is 4.78. The molecule has 4 N–H and O–H groups in total. The Balaban J connectivity index is 1.83. The van der Waals surface area contributed by atoms with Crippen LogP contribution in [0.1, 0.15) is 52.4 Å². The van der Waals surface area contributed by atoms with E-state index in [9.17, 15) is 0 Å². The fourth-order valence-corrected chi connectivity index (χ4v) is 5.42. The highest BCUT2D eigenvalue weighted by atomic mass is 14.8. The maximum atomic E-state index is 6.52. The normalized spacial score (nSPS) is 56.7. The minimum Gasteiger partial charge on any atom is -0.326 e. The van der Waals surface area contributed by atoms with Crippen molar-refractivity contribution in [2.24, 2.45) is 47.0 Å². The quantitative estimate of drug-likeness (QED) is 0.694. The third-order valence-corrected chi connectivity index (χ3v) is 6.42. The Kier molecular flexibility index (Phi) is 3.44. The average Bonchev–Trinajstić information content (AvgIpc) is 2.36. The van der Waals surface area contributed by atoms with Gasteiger partial charge in [-0.15, -0.1) is 0 Å². The lowest BCUT2D eigenvalue weighted by atomic mass is 9.53. The molecule has 0 aromatic heterocycles. The molecule has 0 spiro atoms. The lowest BCUT2D eigenvalue weighted by Crippen LogP contribution is -2.62. The summed E-state index contributed by atoms with van der Waals surface area (Å²) in [7, 11) is 0. The van der Waals surface area contributed by atoms with Crippen LogP contribution in [0.5, 0.6) is 0 Å². The van der Waals surface area contributed by atoms with Crippen molar-refractivity contribution in [2.45, 2.75) is 64.5 Å². The van der Waals surface area contributed by atoms with Gasteiger partial charge in [0.05, 0.1) is 0 Å². The van der Waals surface area contributed by atoms with Gasteiger partial charge in [-0.05, 0) is 61.2 Å². The van der Waals surface area contributed by atoms with Gasteiger partial charge < -0.3 is 11.5 Å². The Morgan fingerprint density at radius 3 is 1.39 bits per heavy atom. The van der Waals surface area contributed by atoms with Crippen molar-refractivity contribution in [2.75, 3.05) is 0 Å². The van der Waals surface area contributed by atoms with Gasteiger partial charge in [0.1, 0.15) is 0 Å². The zero-order valence-electron chi connectivity index (χ0n) is 12.0. The van der Waals surface area contributed by atoms with Gasteiger partial charge in [0.15, 0.2) is 0 Å². The lowest BCUT2D eigenvalue weighted by Gasteiger charge is -2.55. The molecule has 0 aliphatic heterocycles. The molecule has 0 heterocycles. The van der Waals surface area contributed by atoms with E-state index in [1.54, 1.807) is 0 Å². The summed E-state index contributed by atoms with van der Waals surface area (Å²) in [4.78, 5) is 0. The van der Waals surface area contributed by atoms with Gasteiger partial charge in [-0.2, -0.15) is 0 Å². The van der Waals surface area contributed by atoms with Crippen molar-refractivity contribution in [1.29, 1.82) is 0 Å². The first-order valence-electron chi connectivity index (χ1n) is 8.09. The molecule has 0 radical (unpaired) electrons. The van der Waals surface area contributed by atoms with Gasteiger partial charge >= 0.3 is 0 Å². The standard InChI is InChI=1S/C16H30N2/c1-9-3-5-11-12-6-4-10(2)8-14(12)16(18)15(17)13(11)7-9/h9-16H,3-8,17-18H2,1-2H3. The van der Waals surface area contributed by atoms with Crippen LogP contribution in [-0.4, -0.2) is 12.1 Å². The van der Waals surface area contributed by atoms with Gasteiger partial charge in [-0.1, -0.05) is 26.7 Å². The summed E-state index contributed by atoms with van der Waals surface area (Å²) >= 11 is 0. The Bertz CT molecular complexity index is 273. The first-order valence-corrected chi connectivity index (χ1v) is 8.09. The van der Waals surface area contributed by atoms with Crippen molar-refractivity contribution in [3.8, 4) is 0 Å². The van der Waals surface area contributed by atoms with E-state index < -0.39 is 0 Å². The number of nitrogens with two attached hydrogens (primary N) is 2. The van der Waals surface area contributed by atoms with E-state index in [0.717, 1.165) is 35.5 Å². The Labute approximate surface area is 112 Å². The third-order valence-electron chi connectivity index (χ3n) is 6.42. The SMILES string of the molecule is CC1CCC2C(C1)C(N)C(N)C1CC(C)CCC12. The third kappa shape index (κ3) is 2.02. The van der Waals surface area contributed by atoms with Gasteiger partial charge in [0.25, 0.3) is 0 Å². The number of rotatable bonds is 0. The van der Waals surface area contributed by atoms with Gasteiger partial charge in [-0.3, -0.25) is 0 Å². The van der Waals surface area contributed by atoms with Crippen molar-refractivity contribution >= 4 is 0 Å². The van der Waals surface area contributed by atoms with Crippen LogP contribution >= 0.6 is 0 Å². The molecule has 2 nitrogen and oxygen atoms in total. The van der Waals surface area contributed by atoms with E-state index in [-0.39, 0.29) is 12.1 Å². The maximum absolute atomic E-state index is 6.52. The van der Waals surface area contributed by atoms with Gasteiger partial charge in [0, 0.05) is 12.1 Å². The van der Waals surface area contributed by atoms with Crippen molar-refractivity contribution in [1.82, 2.24) is 0 Å². The van der Waals surface area contributed by atoms with Crippen LogP contribution in [0, 0.1) is 35.5 Å². The molecule has 3 saturated carbocycles. The molecule has 0 aromatic carbocycles. The number of hydrogen-bond donors (Lipinski definition) is 2. The fourth-order valence-electron chi connectivity index (χ4n) is 5.42. The molecule has 0 aromatic rings. The van der Waals surface area contributed by atoms with Crippen LogP contribution in [-0.2, 0) is 0 Å². The highest BCUT2D eigenvalue weighted by Gasteiger charge is 2.50. The second-order valence-corrected chi connectivity index (χ2v) is 7.65. The highest BCUT2D eigenvalue weighted by Crippen LogP contribution is 2.52. The van der Waals surface area contributed by atoms with E-state index in [4.69, 9.17) is 11.5 Å². The Morgan fingerprint density at radius 1 is 0.611 bits per heavy atom. The van der Waals surface area contributed by atoms with E-state index in [2.05, 4.69) is 13.8 Å². The van der Waals surface area contributed by atoms with Crippen LogP contribution in [0.3, 0.4) is 0 Å². The summed E-state index contributed by atoms with van der Waals surface area (Å²) in [5, 5.41) is 0. The summed E-state index contributed by atoms with van der Waals surface area (Å²) < 4.78 is 0. The predicted octanol–water partition coefficient (Wildman–Crippen LogP) is 2.76. The molecule has 3 aliphatic rings. The van der Waals surface area contributed by atoms with Crippen LogP contribution in [0.2, 0.25) is 0 Å². The second-order valence-electron chi connectivity index (χ2n) is 7.65. The predicted molar refractivity (Wildman–Crippen MR) is 75.9 cm³/mol. The lowest BCUT2D eigenvalue weighted by molar-refractivity contribution is -0.0233. The zero-order chi connectivity index (χ0) is 12.9. The minimum absolute atomic E-state index is 0.268. The van der Waals surface area contributed by atoms with E-state index >= 15 is 0 Å². The number of hydrogen-bond acceptors (Lipinski definition) is 2. The van der Waals surface area contributed by atoms with Crippen molar-refractivity contribution < 1.29 is 0 Å². The molecule has 3 fully saturated rings. The highest BCUT2D eigenvalue weighted by molar-refractivity contribution is 5.04. The van der Waals surface area contributed by atoms with Gasteiger partial charge in [0.2, 0.25) is 0 Å². The topological polar surface area (TPSA) is 52.0 Å².